The molecule has 3 aromatic carbocycles. The SMILES string of the molecule is CC(C)C[C@H](C(=O)N[C@@H](Cc1ccc(NCc2ccccc2)cc1)C(=O)NC(C)(C)C)N(C)Cc1ccc(C(C)(C)C)cc1. The highest BCUT2D eigenvalue weighted by Gasteiger charge is 2.30. The minimum Gasteiger partial charge on any atom is -0.381 e. The number of nitrogens with one attached hydrogen (secondary N) is 3. The molecule has 2 atom stereocenters. The fraction of sp³-hybridized carbons (Fsp3) is 0.474. The van der Waals surface area contributed by atoms with Gasteiger partial charge in [-0.05, 0) is 80.0 Å². The van der Waals surface area contributed by atoms with Gasteiger partial charge in [0, 0.05) is 30.7 Å². The lowest BCUT2D eigenvalue weighted by atomic mass is 9.86. The van der Waals surface area contributed by atoms with Crippen molar-refractivity contribution in [1.29, 1.82) is 0 Å². The Kier molecular flexibility index (Phi) is 12.2. The molecule has 0 fully saturated rings. The van der Waals surface area contributed by atoms with E-state index in [4.69, 9.17) is 0 Å². The number of benzene rings is 3. The number of anilines is 1. The van der Waals surface area contributed by atoms with Crippen molar-refractivity contribution >= 4 is 17.5 Å². The highest BCUT2D eigenvalue weighted by Crippen LogP contribution is 2.23. The summed E-state index contributed by atoms with van der Waals surface area (Å²) in [5.41, 5.74) is 5.31. The second-order valence-electron chi connectivity index (χ2n) is 14.5. The normalized spacial score (nSPS) is 13.4. The van der Waals surface area contributed by atoms with E-state index < -0.39 is 11.6 Å². The Morgan fingerprint density at radius 2 is 1.34 bits per heavy atom. The first-order valence-electron chi connectivity index (χ1n) is 15.9. The molecule has 238 valence electrons. The molecule has 0 bridgehead atoms. The summed E-state index contributed by atoms with van der Waals surface area (Å²) in [6.07, 6.45) is 1.09. The standard InChI is InChI=1S/C38H54N4O2/c1-27(2)23-34(42(9)26-30-15-19-31(20-16-30)37(3,4)5)36(44)40-33(35(43)41-38(6,7)8)24-28-17-21-32(22-18-28)39-25-29-13-11-10-12-14-29/h10-22,27,33-34,39H,23-26H2,1-9H3,(H,40,44)(H,41,43)/t33-,34+/m0/s1. The maximum atomic E-state index is 13.9. The lowest BCUT2D eigenvalue weighted by Crippen LogP contribution is -2.56. The Morgan fingerprint density at radius 3 is 1.89 bits per heavy atom. The fourth-order valence-corrected chi connectivity index (χ4v) is 5.17. The van der Waals surface area contributed by atoms with Gasteiger partial charge in [-0.2, -0.15) is 0 Å². The lowest BCUT2D eigenvalue weighted by Gasteiger charge is -2.31. The van der Waals surface area contributed by atoms with Crippen molar-refractivity contribution in [2.24, 2.45) is 5.92 Å². The van der Waals surface area contributed by atoms with Crippen LogP contribution in [-0.4, -0.2) is 41.4 Å². The zero-order valence-electron chi connectivity index (χ0n) is 28.3. The van der Waals surface area contributed by atoms with E-state index in [-0.39, 0.29) is 23.3 Å². The van der Waals surface area contributed by atoms with Gasteiger partial charge in [-0.1, -0.05) is 101 Å². The van der Waals surface area contributed by atoms with Gasteiger partial charge in [0.2, 0.25) is 11.8 Å². The summed E-state index contributed by atoms with van der Waals surface area (Å²) in [5.74, 6) is 0.0119. The minimum absolute atomic E-state index is 0.0894. The van der Waals surface area contributed by atoms with Crippen LogP contribution in [0.15, 0.2) is 78.9 Å². The van der Waals surface area contributed by atoms with Crippen LogP contribution < -0.4 is 16.0 Å². The molecule has 0 unspecified atom stereocenters. The quantitative estimate of drug-likeness (QED) is 0.197. The third-order valence-corrected chi connectivity index (χ3v) is 7.65. The highest BCUT2D eigenvalue weighted by atomic mass is 16.2. The average molecular weight is 599 g/mol. The molecule has 0 saturated heterocycles. The Hall–Kier alpha value is -3.64. The summed E-state index contributed by atoms with van der Waals surface area (Å²) in [6, 6.07) is 26.0. The van der Waals surface area contributed by atoms with E-state index in [1.807, 2.05) is 70.3 Å². The summed E-state index contributed by atoms with van der Waals surface area (Å²) in [7, 11) is 2.00. The number of rotatable bonds is 13. The average Bonchev–Trinajstić information content (AvgIpc) is 2.94. The van der Waals surface area contributed by atoms with Gasteiger partial charge >= 0.3 is 0 Å². The van der Waals surface area contributed by atoms with Crippen molar-refractivity contribution < 1.29 is 9.59 Å². The molecule has 0 aliphatic heterocycles. The van der Waals surface area contributed by atoms with Crippen molar-refractivity contribution in [2.45, 2.75) is 104 Å². The van der Waals surface area contributed by atoms with Crippen molar-refractivity contribution in [3.63, 3.8) is 0 Å². The van der Waals surface area contributed by atoms with Gasteiger partial charge in [-0.25, -0.2) is 0 Å². The van der Waals surface area contributed by atoms with E-state index in [2.05, 4.69) is 91.9 Å². The number of hydrogen-bond donors (Lipinski definition) is 3. The molecule has 2 amide bonds. The first-order valence-corrected chi connectivity index (χ1v) is 15.9. The van der Waals surface area contributed by atoms with E-state index in [9.17, 15) is 9.59 Å². The monoisotopic (exact) mass is 598 g/mol. The molecule has 0 aliphatic carbocycles. The number of hydrogen-bond acceptors (Lipinski definition) is 4. The predicted molar refractivity (Wildman–Crippen MR) is 184 cm³/mol. The van der Waals surface area contributed by atoms with Gasteiger partial charge in [0.15, 0.2) is 0 Å². The number of carbonyl (C=O) groups excluding carboxylic acids is 2. The van der Waals surface area contributed by atoms with Gasteiger partial charge in [-0.15, -0.1) is 0 Å². The summed E-state index contributed by atoms with van der Waals surface area (Å²) in [5, 5.41) is 9.67. The van der Waals surface area contributed by atoms with Gasteiger partial charge < -0.3 is 16.0 Å². The number of carbonyl (C=O) groups is 2. The molecule has 6 heteroatoms. The van der Waals surface area contributed by atoms with Crippen molar-refractivity contribution in [1.82, 2.24) is 15.5 Å². The summed E-state index contributed by atoms with van der Waals surface area (Å²) < 4.78 is 0. The molecule has 0 saturated carbocycles. The van der Waals surface area contributed by atoms with Gasteiger partial charge in [-0.3, -0.25) is 14.5 Å². The van der Waals surface area contributed by atoms with Crippen molar-refractivity contribution in [3.05, 3.63) is 101 Å². The van der Waals surface area contributed by atoms with E-state index >= 15 is 0 Å². The first kappa shape index (κ1) is 34.8. The number of amides is 2. The van der Waals surface area contributed by atoms with Crippen LogP contribution >= 0.6 is 0 Å². The fourth-order valence-electron chi connectivity index (χ4n) is 5.17. The molecule has 0 spiro atoms. The van der Waals surface area contributed by atoms with E-state index in [1.54, 1.807) is 0 Å². The second kappa shape index (κ2) is 15.4. The van der Waals surface area contributed by atoms with Crippen molar-refractivity contribution in [3.8, 4) is 0 Å². The smallest absolute Gasteiger partial charge is 0.243 e. The second-order valence-corrected chi connectivity index (χ2v) is 14.5. The predicted octanol–water partition coefficient (Wildman–Crippen LogP) is 7.08. The number of nitrogens with zero attached hydrogens (tertiary/aromatic N) is 1. The van der Waals surface area contributed by atoms with E-state index in [1.165, 1.54) is 11.1 Å². The molecule has 6 nitrogen and oxygen atoms in total. The van der Waals surface area contributed by atoms with Gasteiger partial charge in [0.25, 0.3) is 0 Å². The Labute approximate surface area is 266 Å². The van der Waals surface area contributed by atoms with Gasteiger partial charge in [0.1, 0.15) is 6.04 Å². The molecule has 3 N–H and O–H groups in total. The zero-order chi connectivity index (χ0) is 32.5. The van der Waals surface area contributed by atoms with Crippen LogP contribution in [-0.2, 0) is 34.5 Å². The molecular weight excluding hydrogens is 544 g/mol. The van der Waals surface area contributed by atoms with E-state index in [0.717, 1.165) is 23.4 Å². The van der Waals surface area contributed by atoms with Crippen LogP contribution in [0.1, 0.15) is 84.1 Å². The molecule has 44 heavy (non-hydrogen) atoms. The van der Waals surface area contributed by atoms with Crippen LogP contribution in [0.25, 0.3) is 0 Å². The molecule has 3 rings (SSSR count). The Bertz CT molecular complexity index is 1320. The van der Waals surface area contributed by atoms with Crippen LogP contribution in [0.3, 0.4) is 0 Å². The molecule has 0 aromatic heterocycles. The molecule has 0 heterocycles. The Morgan fingerprint density at radius 1 is 0.750 bits per heavy atom. The van der Waals surface area contributed by atoms with Crippen LogP contribution in [0.5, 0.6) is 0 Å². The largest absolute Gasteiger partial charge is 0.381 e. The maximum Gasteiger partial charge on any atom is 0.243 e. The maximum absolute atomic E-state index is 13.9. The molecule has 0 radical (unpaired) electrons. The molecule has 3 aromatic rings. The Balaban J connectivity index is 1.74. The first-order chi connectivity index (χ1) is 20.6. The van der Waals surface area contributed by atoms with Crippen molar-refractivity contribution in [2.75, 3.05) is 12.4 Å². The zero-order valence-corrected chi connectivity index (χ0v) is 28.3. The minimum atomic E-state index is -0.695. The number of likely N-dealkylation sites (N-methyl/N-ethyl adjacent to an activating group) is 1. The van der Waals surface area contributed by atoms with E-state index in [0.29, 0.717) is 25.3 Å². The van der Waals surface area contributed by atoms with Gasteiger partial charge in [0.05, 0.1) is 6.04 Å². The van der Waals surface area contributed by atoms with Crippen LogP contribution in [0.4, 0.5) is 5.69 Å². The molecule has 0 aliphatic rings. The summed E-state index contributed by atoms with van der Waals surface area (Å²) in [6.45, 7) is 18.1. The highest BCUT2D eigenvalue weighted by molar-refractivity contribution is 5.90. The summed E-state index contributed by atoms with van der Waals surface area (Å²) >= 11 is 0. The van der Waals surface area contributed by atoms with Crippen LogP contribution in [0, 0.1) is 5.92 Å². The van der Waals surface area contributed by atoms with Crippen LogP contribution in [0.2, 0.25) is 0 Å². The third-order valence-electron chi connectivity index (χ3n) is 7.65. The topological polar surface area (TPSA) is 73.5 Å². The lowest BCUT2D eigenvalue weighted by molar-refractivity contribution is -0.132. The third kappa shape index (κ3) is 11.5. The summed E-state index contributed by atoms with van der Waals surface area (Å²) in [4.78, 5) is 29.5. The molecular formula is C38H54N4O2.